The van der Waals surface area contributed by atoms with E-state index >= 15 is 0 Å². The first kappa shape index (κ1) is 19.2. The third kappa shape index (κ3) is 2.96. The smallest absolute Gasteiger partial charge is 0.341 e. The molecule has 0 saturated carbocycles. The molecule has 1 aliphatic carbocycles. The van der Waals surface area contributed by atoms with Crippen molar-refractivity contribution in [2.75, 3.05) is 6.61 Å². The number of rotatable bonds is 4. The highest BCUT2D eigenvalue weighted by Crippen LogP contribution is 2.35. The predicted octanol–water partition coefficient (Wildman–Crippen LogP) is 5.07. The first-order chi connectivity index (χ1) is 15.0. The van der Waals surface area contributed by atoms with Gasteiger partial charge in [-0.1, -0.05) is 62.4 Å². The molecule has 0 unspecified atom stereocenters. The summed E-state index contributed by atoms with van der Waals surface area (Å²) >= 11 is 0. The van der Waals surface area contributed by atoms with E-state index in [0.717, 1.165) is 17.2 Å². The molecule has 4 aromatic rings. The summed E-state index contributed by atoms with van der Waals surface area (Å²) < 4.78 is 7.21. The number of esters is 1. The van der Waals surface area contributed by atoms with E-state index in [1.165, 1.54) is 0 Å². The quantitative estimate of drug-likeness (QED) is 0.387. The number of aromatic nitrogens is 1. The summed E-state index contributed by atoms with van der Waals surface area (Å²) in [7, 11) is 0. The normalized spacial score (nSPS) is 13.0. The molecule has 0 bridgehead atoms. The third-order valence-corrected chi connectivity index (χ3v) is 5.79. The summed E-state index contributed by atoms with van der Waals surface area (Å²) in [5, 5.41) is 1.82. The maximum absolute atomic E-state index is 13.5. The predicted molar refractivity (Wildman–Crippen MR) is 118 cm³/mol. The number of hydrogen-bond donors (Lipinski definition) is 0. The van der Waals surface area contributed by atoms with Gasteiger partial charge in [0, 0.05) is 17.3 Å². The molecule has 2 aromatic heterocycles. The van der Waals surface area contributed by atoms with Crippen LogP contribution in [-0.2, 0) is 4.74 Å². The Hall–Kier alpha value is -3.73. The van der Waals surface area contributed by atoms with Crippen LogP contribution in [0.2, 0.25) is 0 Å². The molecule has 31 heavy (non-hydrogen) atoms. The molecule has 0 fully saturated rings. The van der Waals surface area contributed by atoms with Gasteiger partial charge in [0.1, 0.15) is 5.69 Å². The molecule has 0 atom stereocenters. The number of ketones is 2. The van der Waals surface area contributed by atoms with Crippen LogP contribution in [0.25, 0.3) is 16.3 Å². The second-order valence-corrected chi connectivity index (χ2v) is 8.28. The SMILES string of the molecule is CC(C)CCOC(=O)c1c2c(n3cc4ccccc4cc13)C(=O)c1ccccc1C2=O. The molecule has 0 radical (unpaired) electrons. The second kappa shape index (κ2) is 7.20. The first-order valence-corrected chi connectivity index (χ1v) is 10.4. The molecule has 0 spiro atoms. The van der Waals surface area contributed by atoms with Gasteiger partial charge in [0.05, 0.1) is 23.3 Å². The highest BCUT2D eigenvalue weighted by atomic mass is 16.5. The van der Waals surface area contributed by atoms with Gasteiger partial charge in [0.2, 0.25) is 5.78 Å². The number of carbonyl (C=O) groups is 3. The van der Waals surface area contributed by atoms with E-state index in [9.17, 15) is 14.4 Å². The summed E-state index contributed by atoms with van der Waals surface area (Å²) in [4.78, 5) is 40.0. The Morgan fingerprint density at radius 3 is 2.29 bits per heavy atom. The molecule has 1 aliphatic rings. The van der Waals surface area contributed by atoms with E-state index in [4.69, 9.17) is 4.74 Å². The van der Waals surface area contributed by atoms with Crippen molar-refractivity contribution in [3.8, 4) is 0 Å². The number of hydrogen-bond acceptors (Lipinski definition) is 4. The molecular weight excluding hydrogens is 390 g/mol. The second-order valence-electron chi connectivity index (χ2n) is 8.28. The van der Waals surface area contributed by atoms with Crippen LogP contribution < -0.4 is 0 Å². The molecule has 0 N–H and O–H groups in total. The fourth-order valence-corrected chi connectivity index (χ4v) is 4.18. The van der Waals surface area contributed by atoms with Crippen LogP contribution in [0.1, 0.15) is 62.6 Å². The molecule has 2 heterocycles. The van der Waals surface area contributed by atoms with Crippen LogP contribution in [-0.4, -0.2) is 28.5 Å². The maximum atomic E-state index is 13.5. The van der Waals surface area contributed by atoms with Gasteiger partial charge in [-0.3, -0.25) is 9.59 Å². The van der Waals surface area contributed by atoms with Gasteiger partial charge in [-0.05, 0) is 29.2 Å². The highest BCUT2D eigenvalue weighted by molar-refractivity contribution is 6.32. The maximum Gasteiger partial charge on any atom is 0.341 e. The summed E-state index contributed by atoms with van der Waals surface area (Å²) in [5.41, 5.74) is 1.70. The molecule has 154 valence electrons. The van der Waals surface area contributed by atoms with Crippen molar-refractivity contribution in [3.05, 3.63) is 88.7 Å². The molecule has 5 nitrogen and oxygen atoms in total. The number of nitrogens with zero attached hydrogens (tertiary/aromatic N) is 1. The van der Waals surface area contributed by atoms with Crippen LogP contribution in [0, 0.1) is 5.92 Å². The fraction of sp³-hybridized carbons (Fsp3) is 0.192. The van der Waals surface area contributed by atoms with Crippen LogP contribution in [0.4, 0.5) is 0 Å². The number of ether oxygens (including phenoxy) is 1. The van der Waals surface area contributed by atoms with E-state index in [2.05, 4.69) is 13.8 Å². The van der Waals surface area contributed by atoms with Crippen LogP contribution in [0.15, 0.2) is 60.8 Å². The van der Waals surface area contributed by atoms with E-state index in [0.29, 0.717) is 22.6 Å². The zero-order valence-corrected chi connectivity index (χ0v) is 17.3. The monoisotopic (exact) mass is 411 g/mol. The average Bonchev–Trinajstić information content (AvgIpc) is 3.10. The topological polar surface area (TPSA) is 64.8 Å². The highest BCUT2D eigenvalue weighted by Gasteiger charge is 2.38. The third-order valence-electron chi connectivity index (χ3n) is 5.79. The number of fused-ring (bicyclic) bond motifs is 5. The lowest BCUT2D eigenvalue weighted by Crippen LogP contribution is -2.23. The number of carbonyl (C=O) groups excluding carboxylic acids is 3. The number of benzene rings is 2. The molecule has 0 aliphatic heterocycles. The lowest BCUT2D eigenvalue weighted by molar-refractivity contribution is 0.0488. The van der Waals surface area contributed by atoms with Crippen LogP contribution >= 0.6 is 0 Å². The van der Waals surface area contributed by atoms with E-state index < -0.39 is 5.97 Å². The van der Waals surface area contributed by atoms with Gasteiger partial charge in [0.15, 0.2) is 5.78 Å². The van der Waals surface area contributed by atoms with Gasteiger partial charge in [-0.25, -0.2) is 4.79 Å². The summed E-state index contributed by atoms with van der Waals surface area (Å²) in [6.07, 6.45) is 2.53. The molecule has 2 aromatic carbocycles. The average molecular weight is 411 g/mol. The fourth-order valence-electron chi connectivity index (χ4n) is 4.18. The Bertz CT molecular complexity index is 1390. The van der Waals surface area contributed by atoms with Crippen molar-refractivity contribution in [2.45, 2.75) is 20.3 Å². The summed E-state index contributed by atoms with van der Waals surface area (Å²) in [6.45, 7) is 4.36. The Labute approximate surface area is 179 Å². The van der Waals surface area contributed by atoms with Gasteiger partial charge < -0.3 is 9.14 Å². The molecule has 5 rings (SSSR count). The van der Waals surface area contributed by atoms with Crippen molar-refractivity contribution in [2.24, 2.45) is 5.92 Å². The Kier molecular flexibility index (Phi) is 4.47. The van der Waals surface area contributed by atoms with Gasteiger partial charge in [0.25, 0.3) is 0 Å². The molecule has 0 saturated heterocycles. The first-order valence-electron chi connectivity index (χ1n) is 10.4. The Balaban J connectivity index is 1.79. The van der Waals surface area contributed by atoms with E-state index in [1.807, 2.05) is 36.5 Å². The molecular formula is C26H21NO4. The van der Waals surface area contributed by atoms with Crippen molar-refractivity contribution in [1.82, 2.24) is 4.40 Å². The summed E-state index contributed by atoms with van der Waals surface area (Å²) in [6, 6.07) is 16.3. The van der Waals surface area contributed by atoms with Crippen molar-refractivity contribution in [3.63, 3.8) is 0 Å². The van der Waals surface area contributed by atoms with E-state index in [-0.39, 0.29) is 35.0 Å². The lowest BCUT2D eigenvalue weighted by Gasteiger charge is -2.15. The summed E-state index contributed by atoms with van der Waals surface area (Å²) in [5.74, 6) is -0.785. The van der Waals surface area contributed by atoms with Gasteiger partial charge in [-0.2, -0.15) is 0 Å². The van der Waals surface area contributed by atoms with E-state index in [1.54, 1.807) is 28.7 Å². The van der Waals surface area contributed by atoms with Gasteiger partial charge >= 0.3 is 5.97 Å². The molecule has 0 amide bonds. The van der Waals surface area contributed by atoms with Crippen LogP contribution in [0.5, 0.6) is 0 Å². The number of pyridine rings is 1. The Morgan fingerprint density at radius 1 is 0.935 bits per heavy atom. The van der Waals surface area contributed by atoms with Crippen LogP contribution in [0.3, 0.4) is 0 Å². The minimum absolute atomic E-state index is 0.133. The minimum Gasteiger partial charge on any atom is -0.462 e. The van der Waals surface area contributed by atoms with Crippen molar-refractivity contribution < 1.29 is 19.1 Å². The largest absolute Gasteiger partial charge is 0.462 e. The van der Waals surface area contributed by atoms with Crippen molar-refractivity contribution >= 4 is 33.8 Å². The zero-order chi connectivity index (χ0) is 21.7. The lowest BCUT2D eigenvalue weighted by atomic mass is 9.86. The molecule has 5 heteroatoms. The standard InChI is InChI=1S/C26H21NO4/c1-15(2)11-12-31-26(30)21-20-13-16-7-3-4-8-17(16)14-27(20)23-22(21)24(28)18-9-5-6-10-19(18)25(23)29/h3-10,13-15H,11-12H2,1-2H3. The zero-order valence-electron chi connectivity index (χ0n) is 17.3. The minimum atomic E-state index is -0.574. The Morgan fingerprint density at radius 2 is 1.58 bits per heavy atom. The van der Waals surface area contributed by atoms with Crippen molar-refractivity contribution in [1.29, 1.82) is 0 Å². The van der Waals surface area contributed by atoms with Gasteiger partial charge in [-0.15, -0.1) is 0 Å².